The maximum Gasteiger partial charge on any atom is 0.352 e. The maximum atomic E-state index is 12.6. The van der Waals surface area contributed by atoms with Gasteiger partial charge in [0.15, 0.2) is 5.71 Å². The number of β-lactam (4-membered cyclic amide) rings is 1. The minimum absolute atomic E-state index is 0.211. The highest BCUT2D eigenvalue weighted by Crippen LogP contribution is 2.40. The van der Waals surface area contributed by atoms with Crippen molar-refractivity contribution >= 4 is 47.2 Å². The van der Waals surface area contributed by atoms with E-state index < -0.39 is 35.2 Å². The largest absolute Gasteiger partial charge is 0.477 e. The molecular formula is C22H25N3O9S. The molecule has 0 spiro atoms. The van der Waals surface area contributed by atoms with E-state index in [0.717, 1.165) is 4.90 Å². The molecule has 0 aliphatic carbocycles. The van der Waals surface area contributed by atoms with Crippen LogP contribution >= 0.6 is 11.8 Å². The fourth-order valence-electron chi connectivity index (χ4n) is 3.23. The van der Waals surface area contributed by atoms with E-state index in [1.807, 2.05) is 0 Å². The lowest BCUT2D eigenvalue weighted by atomic mass is 10.0. The third-order valence-corrected chi connectivity index (χ3v) is 6.04. The molecule has 0 aromatic heterocycles. The highest BCUT2D eigenvalue weighted by atomic mass is 32.2. The van der Waals surface area contributed by atoms with Crippen LogP contribution in [0.4, 0.5) is 0 Å². The normalized spacial score (nSPS) is 18.9. The van der Waals surface area contributed by atoms with Crippen LogP contribution in [0.1, 0.15) is 26.3 Å². The summed E-state index contributed by atoms with van der Waals surface area (Å²) < 4.78 is 9.27. The van der Waals surface area contributed by atoms with Gasteiger partial charge in [0.1, 0.15) is 23.7 Å². The summed E-state index contributed by atoms with van der Waals surface area (Å²) in [5, 5.41) is 23.6. The number of fused-ring (bicyclic) bond motifs is 1. The molecule has 1 saturated heterocycles. The van der Waals surface area contributed by atoms with Gasteiger partial charge in [0.2, 0.25) is 0 Å². The van der Waals surface area contributed by atoms with E-state index >= 15 is 0 Å². The molecule has 3 N–H and O–H groups in total. The van der Waals surface area contributed by atoms with Gasteiger partial charge in [-0.2, -0.15) is 0 Å². The first-order valence-electron chi connectivity index (χ1n) is 10.4. The van der Waals surface area contributed by atoms with Gasteiger partial charge in [0.25, 0.3) is 11.8 Å². The van der Waals surface area contributed by atoms with Crippen LogP contribution in [0.2, 0.25) is 0 Å². The Balaban J connectivity index is 0.000000641. The van der Waals surface area contributed by atoms with Crippen LogP contribution < -0.4 is 5.32 Å². The number of nitrogens with zero attached hydrogens (tertiary/aromatic N) is 2. The number of carboxylic acid groups (broad SMARTS) is 1. The standard InChI is InChI=1S/C18H17N3O7S.C4H8O2/c1-9(22)28-7-11-8-29-17-13(16(24)21(17)14(11)18(25)26)19-15(23)12(20-27)10-5-3-2-4-6-10;1-3-6-4(2)5/h2-6,13,17,27H,7-8H2,1H3,(H,19,23)(H,25,26);3H2,1-2H3/b20-12+;/t13-,17-;/m1./s1. The first-order valence-corrected chi connectivity index (χ1v) is 11.4. The van der Waals surface area contributed by atoms with Crippen molar-refractivity contribution in [3.8, 4) is 0 Å². The summed E-state index contributed by atoms with van der Waals surface area (Å²) >= 11 is 1.24. The van der Waals surface area contributed by atoms with E-state index in [1.54, 1.807) is 37.3 Å². The zero-order valence-electron chi connectivity index (χ0n) is 19.2. The number of nitrogens with one attached hydrogen (secondary N) is 1. The number of carbonyl (C=O) groups excluding carboxylic acids is 4. The highest BCUT2D eigenvalue weighted by molar-refractivity contribution is 8.00. The molecule has 2 aliphatic heterocycles. The number of carbonyl (C=O) groups is 5. The molecule has 2 heterocycles. The van der Waals surface area contributed by atoms with Crippen molar-refractivity contribution < 1.29 is 43.8 Å². The predicted molar refractivity (Wildman–Crippen MR) is 123 cm³/mol. The van der Waals surface area contributed by atoms with Gasteiger partial charge in [-0.3, -0.25) is 24.1 Å². The highest BCUT2D eigenvalue weighted by Gasteiger charge is 2.54. The lowest BCUT2D eigenvalue weighted by Crippen LogP contribution is -2.71. The minimum atomic E-state index is -1.32. The summed E-state index contributed by atoms with van der Waals surface area (Å²) in [7, 11) is 0. The van der Waals surface area contributed by atoms with E-state index in [0.29, 0.717) is 17.7 Å². The molecule has 35 heavy (non-hydrogen) atoms. The van der Waals surface area contributed by atoms with Crippen LogP contribution in [0.3, 0.4) is 0 Å². The van der Waals surface area contributed by atoms with Gasteiger partial charge in [0, 0.05) is 30.7 Å². The Hall–Kier alpha value is -3.87. The zero-order chi connectivity index (χ0) is 26.1. The molecule has 13 heteroatoms. The van der Waals surface area contributed by atoms with Gasteiger partial charge in [-0.05, 0) is 6.92 Å². The van der Waals surface area contributed by atoms with Crippen LogP contribution in [0.15, 0.2) is 46.8 Å². The van der Waals surface area contributed by atoms with Gasteiger partial charge >= 0.3 is 17.9 Å². The van der Waals surface area contributed by atoms with Crippen LogP contribution in [-0.2, 0) is 33.4 Å². The Morgan fingerprint density at radius 2 is 1.77 bits per heavy atom. The van der Waals surface area contributed by atoms with E-state index in [-0.39, 0.29) is 29.7 Å². The predicted octanol–water partition coefficient (Wildman–Crippen LogP) is 0.736. The molecule has 2 aliphatic rings. The molecule has 0 radical (unpaired) electrons. The van der Waals surface area contributed by atoms with Crippen molar-refractivity contribution in [2.75, 3.05) is 19.0 Å². The smallest absolute Gasteiger partial charge is 0.352 e. The number of hydrogen-bond donors (Lipinski definition) is 3. The molecule has 2 atom stereocenters. The first kappa shape index (κ1) is 27.4. The van der Waals surface area contributed by atoms with Crippen molar-refractivity contribution in [2.24, 2.45) is 5.16 Å². The Kier molecular flexibility index (Phi) is 9.82. The molecule has 1 aromatic rings. The Bertz CT molecular complexity index is 1060. The van der Waals surface area contributed by atoms with Crippen LogP contribution in [-0.4, -0.2) is 81.0 Å². The number of thioether (sulfide) groups is 1. The number of aliphatic carboxylic acids is 1. The molecule has 0 saturated carbocycles. The van der Waals surface area contributed by atoms with Gasteiger partial charge in [-0.15, -0.1) is 11.8 Å². The second-order valence-corrected chi connectivity index (χ2v) is 8.24. The number of esters is 2. The number of carboxylic acids is 1. The monoisotopic (exact) mass is 507 g/mol. The minimum Gasteiger partial charge on any atom is -0.477 e. The summed E-state index contributed by atoms with van der Waals surface area (Å²) in [6.45, 7) is 4.63. The number of hydrogen-bond acceptors (Lipinski definition) is 10. The summed E-state index contributed by atoms with van der Waals surface area (Å²) in [5.41, 5.74) is 0.156. The lowest BCUT2D eigenvalue weighted by molar-refractivity contribution is -0.150. The molecule has 0 bridgehead atoms. The lowest BCUT2D eigenvalue weighted by Gasteiger charge is -2.49. The second kappa shape index (κ2) is 12.6. The van der Waals surface area contributed by atoms with E-state index in [4.69, 9.17) is 4.74 Å². The summed E-state index contributed by atoms with van der Waals surface area (Å²) in [4.78, 5) is 58.6. The van der Waals surface area contributed by atoms with Crippen molar-refractivity contribution in [3.05, 3.63) is 47.2 Å². The summed E-state index contributed by atoms with van der Waals surface area (Å²) in [6, 6.07) is 7.23. The fraction of sp³-hybridized carbons (Fsp3) is 0.364. The number of benzene rings is 1. The Morgan fingerprint density at radius 3 is 2.26 bits per heavy atom. The summed E-state index contributed by atoms with van der Waals surface area (Å²) in [6.07, 6.45) is 0. The van der Waals surface area contributed by atoms with Crippen molar-refractivity contribution in [3.63, 3.8) is 0 Å². The van der Waals surface area contributed by atoms with Gasteiger partial charge < -0.3 is 25.1 Å². The van der Waals surface area contributed by atoms with E-state index in [1.165, 1.54) is 25.6 Å². The Morgan fingerprint density at radius 1 is 1.14 bits per heavy atom. The fourth-order valence-corrected chi connectivity index (χ4v) is 4.55. The molecule has 12 nitrogen and oxygen atoms in total. The van der Waals surface area contributed by atoms with Gasteiger partial charge in [0.05, 0.1) is 6.61 Å². The van der Waals surface area contributed by atoms with Gasteiger partial charge in [-0.25, -0.2) is 4.79 Å². The average Bonchev–Trinajstić information content (AvgIpc) is 2.81. The number of ether oxygens (including phenoxy) is 2. The van der Waals surface area contributed by atoms with E-state index in [2.05, 4.69) is 15.2 Å². The number of rotatable bonds is 7. The Labute approximate surface area is 204 Å². The van der Waals surface area contributed by atoms with E-state index in [9.17, 15) is 34.3 Å². The average molecular weight is 508 g/mol. The van der Waals surface area contributed by atoms with Gasteiger partial charge in [-0.1, -0.05) is 35.5 Å². The van der Waals surface area contributed by atoms with Crippen LogP contribution in [0.5, 0.6) is 0 Å². The molecular weight excluding hydrogens is 482 g/mol. The van der Waals surface area contributed by atoms with Crippen molar-refractivity contribution in [1.82, 2.24) is 10.2 Å². The summed E-state index contributed by atoms with van der Waals surface area (Å²) in [5.74, 6) is -3.25. The quantitative estimate of drug-likeness (QED) is 0.157. The third kappa shape index (κ3) is 6.82. The van der Waals surface area contributed by atoms with Crippen molar-refractivity contribution in [1.29, 1.82) is 0 Å². The molecule has 188 valence electrons. The number of amides is 2. The first-order chi connectivity index (χ1) is 16.6. The topological polar surface area (TPSA) is 172 Å². The molecule has 1 aromatic carbocycles. The number of oxime groups is 1. The second-order valence-electron chi connectivity index (χ2n) is 7.14. The third-order valence-electron chi connectivity index (χ3n) is 4.70. The van der Waals surface area contributed by atoms with Crippen molar-refractivity contribution in [2.45, 2.75) is 32.2 Å². The zero-order valence-corrected chi connectivity index (χ0v) is 20.0. The molecule has 3 rings (SSSR count). The van der Waals surface area contributed by atoms with Crippen LogP contribution in [0, 0.1) is 0 Å². The maximum absolute atomic E-state index is 12.6. The molecule has 2 amide bonds. The van der Waals surface area contributed by atoms with Crippen LogP contribution in [0.25, 0.3) is 0 Å². The molecule has 1 fully saturated rings. The SMILES string of the molecule is CC(=O)OCC1=C(C(=O)O)N2C(=O)[C@@H](NC(=O)/C(=N/O)c3ccccc3)[C@H]2SC1.CCOC(C)=O. The molecule has 0 unspecified atom stereocenters.